The van der Waals surface area contributed by atoms with Crippen LogP contribution in [0, 0.1) is 20.8 Å². The monoisotopic (exact) mass is 375 g/mol. The Labute approximate surface area is 164 Å². The summed E-state index contributed by atoms with van der Waals surface area (Å²) in [5.74, 6) is 0.525. The Morgan fingerprint density at radius 2 is 1.82 bits per heavy atom. The summed E-state index contributed by atoms with van der Waals surface area (Å²) in [7, 11) is 0. The average molecular weight is 375 g/mol. The van der Waals surface area contributed by atoms with Crippen molar-refractivity contribution in [1.29, 1.82) is 0 Å². The molecule has 1 aliphatic carbocycles. The van der Waals surface area contributed by atoms with Gasteiger partial charge in [-0.3, -0.25) is 4.79 Å². The second-order valence-corrected chi connectivity index (χ2v) is 8.39. The van der Waals surface area contributed by atoms with Gasteiger partial charge in [-0.2, -0.15) is 0 Å². The van der Waals surface area contributed by atoms with Gasteiger partial charge in [0.2, 0.25) is 0 Å². The van der Waals surface area contributed by atoms with Gasteiger partial charge in [0.1, 0.15) is 0 Å². The molecule has 1 amide bonds. The number of likely N-dealkylation sites (tertiary alicyclic amines) is 1. The van der Waals surface area contributed by atoms with E-state index in [1.54, 1.807) is 0 Å². The Bertz CT molecular complexity index is 1060. The number of fused-ring (bicyclic) bond motifs is 1. The second kappa shape index (κ2) is 6.43. The zero-order valence-corrected chi connectivity index (χ0v) is 16.7. The van der Waals surface area contributed by atoms with E-state index in [2.05, 4.69) is 42.2 Å². The van der Waals surface area contributed by atoms with Crippen molar-refractivity contribution < 1.29 is 9.32 Å². The summed E-state index contributed by atoms with van der Waals surface area (Å²) in [4.78, 5) is 20.4. The summed E-state index contributed by atoms with van der Waals surface area (Å²) in [5, 5.41) is 4.84. The first kappa shape index (κ1) is 17.4. The molecule has 1 aromatic carbocycles. The van der Waals surface area contributed by atoms with E-state index in [1.165, 1.54) is 16.7 Å². The minimum atomic E-state index is 0.0715. The van der Waals surface area contributed by atoms with Gasteiger partial charge in [-0.05, 0) is 58.1 Å². The van der Waals surface area contributed by atoms with Crippen LogP contribution in [0.4, 0.5) is 0 Å². The first-order valence-electron chi connectivity index (χ1n) is 10.2. The third-order valence-corrected chi connectivity index (χ3v) is 6.01. The number of aryl methyl sites for hydroxylation is 3. The van der Waals surface area contributed by atoms with Crippen LogP contribution >= 0.6 is 0 Å². The number of benzene rings is 1. The SMILES string of the molecule is Cc1cc(C)cc(C2CCCN2C(=O)c2cc(C3CC3)nc3onc(C)c23)c1. The number of carbonyl (C=O) groups excluding carboxylic acids is 1. The van der Waals surface area contributed by atoms with Crippen LogP contribution in [-0.4, -0.2) is 27.5 Å². The van der Waals surface area contributed by atoms with Gasteiger partial charge in [-0.1, -0.05) is 34.5 Å². The standard InChI is InChI=1S/C23H25N3O2/c1-13-9-14(2)11-17(10-13)20-5-4-8-26(20)23(27)18-12-19(16-6-7-16)24-22-21(18)15(3)25-28-22/h9-12,16,20H,4-8H2,1-3H3. The molecule has 2 fully saturated rings. The molecule has 2 aliphatic rings. The van der Waals surface area contributed by atoms with Gasteiger partial charge in [-0.25, -0.2) is 4.98 Å². The van der Waals surface area contributed by atoms with Crippen LogP contribution in [0.1, 0.15) is 76.1 Å². The van der Waals surface area contributed by atoms with Crippen LogP contribution in [-0.2, 0) is 0 Å². The van der Waals surface area contributed by atoms with E-state index >= 15 is 0 Å². The van der Waals surface area contributed by atoms with Gasteiger partial charge in [0.25, 0.3) is 11.6 Å². The highest BCUT2D eigenvalue weighted by Gasteiger charge is 2.34. The molecule has 1 saturated carbocycles. The minimum Gasteiger partial charge on any atom is -0.336 e. The highest BCUT2D eigenvalue weighted by atomic mass is 16.5. The summed E-state index contributed by atoms with van der Waals surface area (Å²) in [5.41, 5.74) is 6.61. The van der Waals surface area contributed by atoms with Crippen molar-refractivity contribution in [3.05, 3.63) is 57.9 Å². The number of aromatic nitrogens is 2. The molecule has 0 bridgehead atoms. The maximum atomic E-state index is 13.7. The van der Waals surface area contributed by atoms with Crippen molar-refractivity contribution in [2.24, 2.45) is 0 Å². The molecule has 0 N–H and O–H groups in total. The van der Waals surface area contributed by atoms with Crippen LogP contribution in [0.3, 0.4) is 0 Å². The third-order valence-electron chi connectivity index (χ3n) is 6.01. The molecule has 144 valence electrons. The summed E-state index contributed by atoms with van der Waals surface area (Å²) in [6.07, 6.45) is 4.29. The zero-order chi connectivity index (χ0) is 19.4. The topological polar surface area (TPSA) is 59.2 Å². The molecule has 1 aliphatic heterocycles. The fourth-order valence-electron chi connectivity index (χ4n) is 4.58. The fraction of sp³-hybridized carbons (Fsp3) is 0.435. The molecule has 2 aromatic heterocycles. The van der Waals surface area contributed by atoms with Crippen LogP contribution in [0.2, 0.25) is 0 Å². The summed E-state index contributed by atoms with van der Waals surface area (Å²) >= 11 is 0. The number of carbonyl (C=O) groups is 1. The Kier molecular flexibility index (Phi) is 4.00. The maximum Gasteiger partial charge on any atom is 0.259 e. The molecule has 3 aromatic rings. The van der Waals surface area contributed by atoms with E-state index < -0.39 is 0 Å². The van der Waals surface area contributed by atoms with Gasteiger partial charge in [0.15, 0.2) is 0 Å². The van der Waals surface area contributed by atoms with E-state index in [-0.39, 0.29) is 11.9 Å². The minimum absolute atomic E-state index is 0.0715. The Morgan fingerprint density at radius 1 is 1.07 bits per heavy atom. The number of amides is 1. The van der Waals surface area contributed by atoms with Crippen molar-refractivity contribution in [2.75, 3.05) is 6.54 Å². The number of rotatable bonds is 3. The van der Waals surface area contributed by atoms with Gasteiger partial charge < -0.3 is 9.42 Å². The fourth-order valence-corrected chi connectivity index (χ4v) is 4.58. The summed E-state index contributed by atoms with van der Waals surface area (Å²) < 4.78 is 5.43. The number of hydrogen-bond donors (Lipinski definition) is 0. The third kappa shape index (κ3) is 2.89. The van der Waals surface area contributed by atoms with E-state index in [9.17, 15) is 4.79 Å². The summed E-state index contributed by atoms with van der Waals surface area (Å²) in [6, 6.07) is 8.72. The lowest BCUT2D eigenvalue weighted by molar-refractivity contribution is 0.0737. The van der Waals surface area contributed by atoms with Crippen molar-refractivity contribution in [2.45, 2.75) is 58.4 Å². The average Bonchev–Trinajstić information content (AvgIpc) is 3.28. The van der Waals surface area contributed by atoms with Gasteiger partial charge in [0.05, 0.1) is 22.7 Å². The normalized spacial score (nSPS) is 19.5. The first-order valence-corrected chi connectivity index (χ1v) is 10.2. The number of hydrogen-bond acceptors (Lipinski definition) is 4. The molecule has 1 saturated heterocycles. The molecule has 5 nitrogen and oxygen atoms in total. The van der Waals surface area contributed by atoms with E-state index in [0.29, 0.717) is 17.2 Å². The van der Waals surface area contributed by atoms with E-state index in [0.717, 1.165) is 49.0 Å². The van der Waals surface area contributed by atoms with Crippen LogP contribution in [0.5, 0.6) is 0 Å². The Hall–Kier alpha value is -2.69. The molecule has 1 unspecified atom stereocenters. The highest BCUT2D eigenvalue weighted by molar-refractivity contribution is 6.06. The lowest BCUT2D eigenvalue weighted by Crippen LogP contribution is -2.31. The Balaban J connectivity index is 1.57. The molecule has 0 radical (unpaired) electrons. The van der Waals surface area contributed by atoms with Crippen molar-refractivity contribution >= 4 is 17.0 Å². The molecule has 0 spiro atoms. The van der Waals surface area contributed by atoms with Gasteiger partial charge >= 0.3 is 0 Å². The molecule has 1 atom stereocenters. The first-order chi connectivity index (χ1) is 13.5. The lowest BCUT2D eigenvalue weighted by atomic mass is 9.99. The molecule has 5 rings (SSSR count). The molecular weight excluding hydrogens is 350 g/mol. The van der Waals surface area contributed by atoms with Crippen molar-refractivity contribution in [3.8, 4) is 0 Å². The largest absolute Gasteiger partial charge is 0.336 e. The smallest absolute Gasteiger partial charge is 0.259 e. The predicted molar refractivity (Wildman–Crippen MR) is 107 cm³/mol. The lowest BCUT2D eigenvalue weighted by Gasteiger charge is -2.26. The highest BCUT2D eigenvalue weighted by Crippen LogP contribution is 2.41. The van der Waals surface area contributed by atoms with Crippen LogP contribution < -0.4 is 0 Å². The van der Waals surface area contributed by atoms with Gasteiger partial charge in [0, 0.05) is 18.2 Å². The molecule has 3 heterocycles. The number of nitrogens with zero attached hydrogens (tertiary/aromatic N) is 3. The molecule has 28 heavy (non-hydrogen) atoms. The quantitative estimate of drug-likeness (QED) is 0.646. The van der Waals surface area contributed by atoms with E-state index in [1.807, 2.05) is 17.9 Å². The predicted octanol–water partition coefficient (Wildman–Crippen LogP) is 5.00. The maximum absolute atomic E-state index is 13.7. The summed E-state index contributed by atoms with van der Waals surface area (Å²) in [6.45, 7) is 6.90. The second-order valence-electron chi connectivity index (χ2n) is 8.39. The van der Waals surface area contributed by atoms with Crippen molar-refractivity contribution in [1.82, 2.24) is 15.0 Å². The van der Waals surface area contributed by atoms with Gasteiger partial charge in [-0.15, -0.1) is 0 Å². The molecule has 5 heteroatoms. The number of pyridine rings is 1. The van der Waals surface area contributed by atoms with Crippen LogP contribution in [0.25, 0.3) is 11.1 Å². The zero-order valence-electron chi connectivity index (χ0n) is 16.7. The van der Waals surface area contributed by atoms with Crippen LogP contribution in [0.15, 0.2) is 28.8 Å². The van der Waals surface area contributed by atoms with E-state index in [4.69, 9.17) is 4.52 Å². The Morgan fingerprint density at radius 3 is 2.54 bits per heavy atom. The molecular formula is C23H25N3O2. The van der Waals surface area contributed by atoms with Crippen molar-refractivity contribution in [3.63, 3.8) is 0 Å².